The summed E-state index contributed by atoms with van der Waals surface area (Å²) in [6.07, 6.45) is 0.915. The smallest absolute Gasteiger partial charge is 0.128 e. The van der Waals surface area contributed by atoms with Crippen molar-refractivity contribution < 1.29 is 9.13 Å². The van der Waals surface area contributed by atoms with Crippen LogP contribution < -0.4 is 10.5 Å². The van der Waals surface area contributed by atoms with Crippen LogP contribution in [0.4, 0.5) is 4.39 Å². The van der Waals surface area contributed by atoms with Crippen LogP contribution in [0.5, 0.6) is 5.75 Å². The fourth-order valence-electron chi connectivity index (χ4n) is 2.92. The fourth-order valence-corrected chi connectivity index (χ4v) is 2.92. The van der Waals surface area contributed by atoms with Gasteiger partial charge >= 0.3 is 0 Å². The zero-order valence-corrected chi connectivity index (χ0v) is 11.2. The number of benzene rings is 1. The second-order valence-corrected chi connectivity index (χ2v) is 5.08. The summed E-state index contributed by atoms with van der Waals surface area (Å²) in [7, 11) is 3.64. The summed E-state index contributed by atoms with van der Waals surface area (Å²) in [5.41, 5.74) is 7.38. The minimum absolute atomic E-state index is 0.105. The minimum atomic E-state index is -0.150. The van der Waals surface area contributed by atoms with Crippen molar-refractivity contribution in [3.8, 4) is 5.75 Å². The molecule has 1 aromatic rings. The normalized spacial score (nSPS) is 24.5. The molecule has 0 aromatic heterocycles. The molecule has 0 radical (unpaired) electrons. The van der Waals surface area contributed by atoms with E-state index in [9.17, 15) is 4.39 Å². The number of likely N-dealkylation sites (tertiary alicyclic amines) is 1. The lowest BCUT2D eigenvalue weighted by Crippen LogP contribution is -2.21. The molecule has 3 nitrogen and oxygen atoms in total. The molecule has 100 valence electrons. The molecular formula is C14H21FN2O. The molecule has 1 saturated heterocycles. The molecule has 18 heavy (non-hydrogen) atoms. The fraction of sp³-hybridized carbons (Fsp3) is 0.571. The van der Waals surface area contributed by atoms with Crippen LogP contribution in [-0.2, 0) is 0 Å². The first kappa shape index (κ1) is 13.3. The third-order valence-electron chi connectivity index (χ3n) is 3.93. The van der Waals surface area contributed by atoms with E-state index in [0.29, 0.717) is 12.5 Å². The van der Waals surface area contributed by atoms with Crippen molar-refractivity contribution in [1.82, 2.24) is 4.90 Å². The van der Waals surface area contributed by atoms with E-state index in [1.165, 1.54) is 6.07 Å². The van der Waals surface area contributed by atoms with Crippen molar-refractivity contribution in [2.75, 3.05) is 27.2 Å². The maximum Gasteiger partial charge on any atom is 0.128 e. The zero-order chi connectivity index (χ0) is 13.3. The number of hydrogen-bond acceptors (Lipinski definition) is 3. The summed E-state index contributed by atoms with van der Waals surface area (Å²) in [4.78, 5) is 2.18. The second kappa shape index (κ2) is 5.24. The molecule has 1 heterocycles. The molecule has 0 bridgehead atoms. The van der Waals surface area contributed by atoms with E-state index in [-0.39, 0.29) is 11.9 Å². The molecule has 2 unspecified atom stereocenters. The molecule has 1 aromatic carbocycles. The van der Waals surface area contributed by atoms with E-state index in [1.807, 2.05) is 14.0 Å². The van der Waals surface area contributed by atoms with Gasteiger partial charge in [-0.05, 0) is 50.6 Å². The van der Waals surface area contributed by atoms with E-state index >= 15 is 0 Å². The Bertz CT molecular complexity index is 436. The Hall–Kier alpha value is -1.13. The average molecular weight is 252 g/mol. The van der Waals surface area contributed by atoms with Crippen LogP contribution in [0.3, 0.4) is 0 Å². The molecule has 0 spiro atoms. The summed E-state index contributed by atoms with van der Waals surface area (Å²) >= 11 is 0. The first-order valence-corrected chi connectivity index (χ1v) is 6.31. The summed E-state index contributed by atoms with van der Waals surface area (Å²) in [6.45, 7) is 3.50. The van der Waals surface area contributed by atoms with Gasteiger partial charge in [-0.15, -0.1) is 0 Å². The first-order chi connectivity index (χ1) is 8.58. The van der Waals surface area contributed by atoms with Crippen LogP contribution in [0.1, 0.15) is 23.6 Å². The Labute approximate surface area is 108 Å². The molecule has 0 aliphatic carbocycles. The summed E-state index contributed by atoms with van der Waals surface area (Å²) < 4.78 is 19.4. The van der Waals surface area contributed by atoms with Crippen molar-refractivity contribution in [1.29, 1.82) is 0 Å². The van der Waals surface area contributed by atoms with Gasteiger partial charge in [0.2, 0.25) is 0 Å². The van der Waals surface area contributed by atoms with E-state index in [0.717, 1.165) is 29.8 Å². The van der Waals surface area contributed by atoms with Gasteiger partial charge in [0.1, 0.15) is 11.6 Å². The third kappa shape index (κ3) is 2.22. The number of ether oxygens (including phenoxy) is 1. The average Bonchev–Trinajstić information content (AvgIpc) is 2.71. The Morgan fingerprint density at radius 1 is 1.50 bits per heavy atom. The molecule has 0 amide bonds. The number of methoxy groups -OCH3 is 1. The van der Waals surface area contributed by atoms with E-state index < -0.39 is 0 Å². The van der Waals surface area contributed by atoms with Crippen molar-refractivity contribution in [3.63, 3.8) is 0 Å². The van der Waals surface area contributed by atoms with Gasteiger partial charge in [-0.25, -0.2) is 4.39 Å². The minimum Gasteiger partial charge on any atom is -0.496 e. The van der Waals surface area contributed by atoms with Gasteiger partial charge < -0.3 is 10.5 Å². The SMILES string of the molecule is COc1ccc(F)c(C2CC(CN)CN2C)c1C. The standard InChI is InChI=1S/C14H21FN2O/c1-9-13(18-3)5-4-11(15)14(9)12-6-10(7-16)8-17(12)2/h4-5,10,12H,6-8,16H2,1-3H3. The molecule has 2 N–H and O–H groups in total. The number of halogens is 1. The third-order valence-corrected chi connectivity index (χ3v) is 3.93. The molecule has 4 heteroatoms. The number of rotatable bonds is 3. The maximum atomic E-state index is 14.1. The highest BCUT2D eigenvalue weighted by atomic mass is 19.1. The Morgan fingerprint density at radius 3 is 2.78 bits per heavy atom. The molecule has 2 atom stereocenters. The Balaban J connectivity index is 2.38. The summed E-state index contributed by atoms with van der Waals surface area (Å²) in [6, 6.07) is 3.28. The Kier molecular flexibility index (Phi) is 3.88. The lowest BCUT2D eigenvalue weighted by Gasteiger charge is -2.23. The molecule has 1 fully saturated rings. The molecule has 1 aliphatic rings. The van der Waals surface area contributed by atoms with Gasteiger partial charge in [-0.1, -0.05) is 0 Å². The van der Waals surface area contributed by atoms with Crippen molar-refractivity contribution in [2.45, 2.75) is 19.4 Å². The first-order valence-electron chi connectivity index (χ1n) is 6.31. The summed E-state index contributed by atoms with van der Waals surface area (Å²) in [5.74, 6) is 1.05. The largest absolute Gasteiger partial charge is 0.496 e. The highest BCUT2D eigenvalue weighted by Crippen LogP contribution is 2.38. The zero-order valence-electron chi connectivity index (χ0n) is 11.2. The number of hydrogen-bond donors (Lipinski definition) is 1. The van der Waals surface area contributed by atoms with Gasteiger partial charge in [-0.2, -0.15) is 0 Å². The number of nitrogens with zero attached hydrogens (tertiary/aromatic N) is 1. The van der Waals surface area contributed by atoms with Gasteiger partial charge in [0.15, 0.2) is 0 Å². The Morgan fingerprint density at radius 2 is 2.22 bits per heavy atom. The molecular weight excluding hydrogens is 231 g/mol. The monoisotopic (exact) mass is 252 g/mol. The van der Waals surface area contributed by atoms with Crippen molar-refractivity contribution in [2.24, 2.45) is 11.7 Å². The lowest BCUT2D eigenvalue weighted by atomic mass is 9.95. The topological polar surface area (TPSA) is 38.5 Å². The van der Waals surface area contributed by atoms with Crippen LogP contribution in [0.15, 0.2) is 12.1 Å². The van der Waals surface area contributed by atoms with Gasteiger partial charge in [0.05, 0.1) is 7.11 Å². The van der Waals surface area contributed by atoms with Crippen molar-refractivity contribution >= 4 is 0 Å². The van der Waals surface area contributed by atoms with Crippen LogP contribution >= 0.6 is 0 Å². The van der Waals surface area contributed by atoms with E-state index in [2.05, 4.69) is 4.90 Å². The van der Waals surface area contributed by atoms with Crippen LogP contribution in [0.25, 0.3) is 0 Å². The van der Waals surface area contributed by atoms with Crippen LogP contribution in [-0.4, -0.2) is 32.1 Å². The predicted molar refractivity (Wildman–Crippen MR) is 70.2 cm³/mol. The van der Waals surface area contributed by atoms with Gasteiger partial charge in [0.25, 0.3) is 0 Å². The molecule has 1 aliphatic heterocycles. The quantitative estimate of drug-likeness (QED) is 0.895. The van der Waals surface area contributed by atoms with E-state index in [1.54, 1.807) is 13.2 Å². The lowest BCUT2D eigenvalue weighted by molar-refractivity contribution is 0.304. The van der Waals surface area contributed by atoms with Gasteiger partial charge in [0, 0.05) is 18.2 Å². The molecule has 0 saturated carbocycles. The van der Waals surface area contributed by atoms with Gasteiger partial charge in [-0.3, -0.25) is 4.90 Å². The second-order valence-electron chi connectivity index (χ2n) is 5.08. The highest BCUT2D eigenvalue weighted by Gasteiger charge is 2.33. The highest BCUT2D eigenvalue weighted by molar-refractivity contribution is 5.42. The number of nitrogens with two attached hydrogens (primary N) is 1. The molecule has 2 rings (SSSR count). The van der Waals surface area contributed by atoms with Crippen molar-refractivity contribution in [3.05, 3.63) is 29.1 Å². The van der Waals surface area contributed by atoms with E-state index in [4.69, 9.17) is 10.5 Å². The van der Waals surface area contributed by atoms with Crippen LogP contribution in [0.2, 0.25) is 0 Å². The summed E-state index contributed by atoms with van der Waals surface area (Å²) in [5, 5.41) is 0. The predicted octanol–water partition coefficient (Wildman–Crippen LogP) is 2.09. The maximum absolute atomic E-state index is 14.1. The van der Waals surface area contributed by atoms with Crippen LogP contribution in [0, 0.1) is 18.7 Å².